The van der Waals surface area contributed by atoms with Crippen molar-refractivity contribution in [3.63, 3.8) is 0 Å². The fourth-order valence-corrected chi connectivity index (χ4v) is 2.13. The molecule has 6 nitrogen and oxygen atoms in total. The molecule has 0 spiro atoms. The number of nitrogens with zero attached hydrogens (tertiary/aromatic N) is 2. The third kappa shape index (κ3) is 5.01. The number of hydrogen-bond acceptors (Lipinski definition) is 4. The molecule has 0 fully saturated rings. The van der Waals surface area contributed by atoms with E-state index in [0.29, 0.717) is 11.7 Å². The van der Waals surface area contributed by atoms with Crippen molar-refractivity contribution >= 4 is 40.8 Å². The van der Waals surface area contributed by atoms with Crippen LogP contribution in [0, 0.1) is 10.1 Å². The van der Waals surface area contributed by atoms with Crippen LogP contribution in [0.1, 0.15) is 11.1 Å². The summed E-state index contributed by atoms with van der Waals surface area (Å²) in [6, 6.07) is 14.2. The van der Waals surface area contributed by atoms with Crippen LogP contribution in [0.4, 0.5) is 5.69 Å². The molecule has 0 saturated carbocycles. The molecule has 2 aromatic rings. The van der Waals surface area contributed by atoms with Crippen LogP contribution in [-0.2, 0) is 6.54 Å². The molecule has 0 saturated heterocycles. The Morgan fingerprint density at radius 1 is 1.26 bits per heavy atom. The van der Waals surface area contributed by atoms with Gasteiger partial charge in [-0.2, -0.15) is 5.10 Å². The summed E-state index contributed by atoms with van der Waals surface area (Å²) in [5.41, 5.74) is 3.78. The number of nitrogens with one attached hydrogen (secondary N) is 2. The first-order chi connectivity index (χ1) is 11.1. The minimum atomic E-state index is -0.515. The Morgan fingerprint density at radius 2 is 2.00 bits per heavy atom. The Bertz CT molecular complexity index is 738. The number of hydrogen-bond donors (Lipinski definition) is 2. The molecule has 0 amide bonds. The Morgan fingerprint density at radius 3 is 2.70 bits per heavy atom. The Kier molecular flexibility index (Phi) is 6.02. The molecule has 2 aromatic carbocycles. The van der Waals surface area contributed by atoms with E-state index >= 15 is 0 Å². The van der Waals surface area contributed by atoms with Gasteiger partial charge in [0.1, 0.15) is 0 Å². The number of nitro benzene ring substituents is 1. The molecule has 8 heteroatoms. The summed E-state index contributed by atoms with van der Waals surface area (Å²) in [7, 11) is 0. The standard InChI is InChI=1S/C15H13ClN4O2S/c16-13-7-4-8-14(20(21)22)12(13)10-18-19-15(23)17-9-11-5-2-1-3-6-11/h1-8,10H,9H2,(H2,17,19,23)/b18-10+. The van der Waals surface area contributed by atoms with Crippen molar-refractivity contribution in [2.24, 2.45) is 5.10 Å². The van der Waals surface area contributed by atoms with Gasteiger partial charge in [0, 0.05) is 12.6 Å². The van der Waals surface area contributed by atoms with E-state index in [4.69, 9.17) is 23.8 Å². The molecule has 0 aliphatic carbocycles. The van der Waals surface area contributed by atoms with E-state index in [1.54, 1.807) is 6.07 Å². The summed E-state index contributed by atoms with van der Waals surface area (Å²) in [4.78, 5) is 10.4. The van der Waals surface area contributed by atoms with Gasteiger partial charge in [0.25, 0.3) is 5.69 Å². The molecular formula is C15H13ClN4O2S. The Hall–Kier alpha value is -2.51. The molecule has 0 radical (unpaired) electrons. The molecular weight excluding hydrogens is 336 g/mol. The maximum Gasteiger partial charge on any atom is 0.279 e. The van der Waals surface area contributed by atoms with Crippen LogP contribution in [0.25, 0.3) is 0 Å². The summed E-state index contributed by atoms with van der Waals surface area (Å²) in [5.74, 6) is 0. The zero-order valence-electron chi connectivity index (χ0n) is 11.9. The Labute approximate surface area is 143 Å². The smallest absolute Gasteiger partial charge is 0.279 e. The molecule has 0 aliphatic heterocycles. The Balaban J connectivity index is 1.94. The zero-order chi connectivity index (χ0) is 16.7. The molecule has 0 bridgehead atoms. The number of benzene rings is 2. The lowest BCUT2D eigenvalue weighted by molar-refractivity contribution is -0.385. The van der Waals surface area contributed by atoms with Crippen LogP contribution < -0.4 is 10.7 Å². The highest BCUT2D eigenvalue weighted by Gasteiger charge is 2.14. The highest BCUT2D eigenvalue weighted by Crippen LogP contribution is 2.24. The lowest BCUT2D eigenvalue weighted by Gasteiger charge is -2.06. The van der Waals surface area contributed by atoms with Crippen molar-refractivity contribution in [1.82, 2.24) is 10.7 Å². The quantitative estimate of drug-likeness (QED) is 0.375. The number of thiocarbonyl (C=S) groups is 1. The zero-order valence-corrected chi connectivity index (χ0v) is 13.5. The topological polar surface area (TPSA) is 79.6 Å². The van der Waals surface area contributed by atoms with Gasteiger partial charge in [-0.1, -0.05) is 48.0 Å². The molecule has 2 rings (SSSR count). The third-order valence-corrected chi connectivity index (χ3v) is 3.45. The normalized spacial score (nSPS) is 10.5. The van der Waals surface area contributed by atoms with Crippen molar-refractivity contribution in [1.29, 1.82) is 0 Å². The minimum absolute atomic E-state index is 0.119. The predicted molar refractivity (Wildman–Crippen MR) is 94.7 cm³/mol. The number of rotatable bonds is 5. The van der Waals surface area contributed by atoms with Crippen LogP contribution >= 0.6 is 23.8 Å². The summed E-state index contributed by atoms with van der Waals surface area (Å²) < 4.78 is 0. The monoisotopic (exact) mass is 348 g/mol. The summed E-state index contributed by atoms with van der Waals surface area (Å²) >= 11 is 11.0. The summed E-state index contributed by atoms with van der Waals surface area (Å²) in [5, 5.41) is 18.4. The van der Waals surface area contributed by atoms with E-state index in [-0.39, 0.29) is 16.3 Å². The van der Waals surface area contributed by atoms with Gasteiger partial charge in [-0.15, -0.1) is 0 Å². The molecule has 118 valence electrons. The maximum absolute atomic E-state index is 11.0. The molecule has 0 aliphatic rings. The molecule has 0 aromatic heterocycles. The minimum Gasteiger partial charge on any atom is -0.357 e. The number of hydrazone groups is 1. The van der Waals surface area contributed by atoms with E-state index in [0.717, 1.165) is 5.56 Å². The second kappa shape index (κ2) is 8.21. The van der Waals surface area contributed by atoms with Gasteiger partial charge in [0.15, 0.2) is 5.11 Å². The van der Waals surface area contributed by atoms with Crippen molar-refractivity contribution in [2.75, 3.05) is 0 Å². The maximum atomic E-state index is 11.0. The van der Waals surface area contributed by atoms with E-state index in [1.165, 1.54) is 18.3 Å². The number of nitro groups is 1. The van der Waals surface area contributed by atoms with Crippen LogP contribution in [0.5, 0.6) is 0 Å². The van der Waals surface area contributed by atoms with Gasteiger partial charge in [0.05, 0.1) is 21.7 Å². The fraction of sp³-hybridized carbons (Fsp3) is 0.0667. The molecule has 23 heavy (non-hydrogen) atoms. The largest absolute Gasteiger partial charge is 0.357 e. The van der Waals surface area contributed by atoms with Crippen molar-refractivity contribution in [3.05, 3.63) is 74.8 Å². The molecule has 0 heterocycles. The van der Waals surface area contributed by atoms with Gasteiger partial charge in [-0.25, -0.2) is 0 Å². The average molecular weight is 349 g/mol. The number of halogens is 1. The first-order valence-corrected chi connectivity index (χ1v) is 7.40. The highest BCUT2D eigenvalue weighted by molar-refractivity contribution is 7.80. The SMILES string of the molecule is O=[N+]([O-])c1cccc(Cl)c1/C=N/NC(=S)NCc1ccccc1. The van der Waals surface area contributed by atoms with Crippen molar-refractivity contribution in [2.45, 2.75) is 6.54 Å². The lowest BCUT2D eigenvalue weighted by Crippen LogP contribution is -2.31. The van der Waals surface area contributed by atoms with Crippen LogP contribution in [0.2, 0.25) is 5.02 Å². The van der Waals surface area contributed by atoms with E-state index in [2.05, 4.69) is 15.8 Å². The second-order valence-corrected chi connectivity index (χ2v) is 5.28. The fourth-order valence-electron chi connectivity index (χ4n) is 1.79. The van der Waals surface area contributed by atoms with Crippen LogP contribution in [0.15, 0.2) is 53.6 Å². The highest BCUT2D eigenvalue weighted by atomic mass is 35.5. The van der Waals surface area contributed by atoms with Gasteiger partial charge >= 0.3 is 0 Å². The molecule has 2 N–H and O–H groups in total. The molecule has 0 unspecified atom stereocenters. The average Bonchev–Trinajstić information content (AvgIpc) is 2.55. The lowest BCUT2D eigenvalue weighted by atomic mass is 10.2. The third-order valence-electron chi connectivity index (χ3n) is 2.88. The van der Waals surface area contributed by atoms with Gasteiger partial charge < -0.3 is 5.32 Å². The van der Waals surface area contributed by atoms with Crippen LogP contribution in [-0.4, -0.2) is 16.3 Å². The summed E-state index contributed by atoms with van der Waals surface area (Å²) in [6.07, 6.45) is 1.27. The van der Waals surface area contributed by atoms with E-state index in [9.17, 15) is 10.1 Å². The van der Waals surface area contributed by atoms with Gasteiger partial charge in [0.2, 0.25) is 0 Å². The van der Waals surface area contributed by atoms with Crippen LogP contribution in [0.3, 0.4) is 0 Å². The van der Waals surface area contributed by atoms with Crippen molar-refractivity contribution < 1.29 is 4.92 Å². The summed E-state index contributed by atoms with van der Waals surface area (Å²) in [6.45, 7) is 0.550. The van der Waals surface area contributed by atoms with Gasteiger partial charge in [-0.3, -0.25) is 15.5 Å². The van der Waals surface area contributed by atoms with E-state index in [1.807, 2.05) is 30.3 Å². The van der Waals surface area contributed by atoms with E-state index < -0.39 is 4.92 Å². The first-order valence-electron chi connectivity index (χ1n) is 6.61. The second-order valence-electron chi connectivity index (χ2n) is 4.47. The van der Waals surface area contributed by atoms with Crippen molar-refractivity contribution in [3.8, 4) is 0 Å². The predicted octanol–water partition coefficient (Wildman–Crippen LogP) is 3.25. The first kappa shape index (κ1) is 16.9. The van der Waals surface area contributed by atoms with Gasteiger partial charge in [-0.05, 0) is 23.8 Å². The molecule has 0 atom stereocenters.